The fourth-order valence-electron chi connectivity index (χ4n) is 4.06. The molecule has 3 rings (SSSR count). The molecule has 0 N–H and O–H groups in total. The first-order valence-electron chi connectivity index (χ1n) is 8.86. The van der Waals surface area contributed by atoms with Crippen LogP contribution in [-0.2, 0) is 14.3 Å². The van der Waals surface area contributed by atoms with Gasteiger partial charge in [0, 0.05) is 5.57 Å². The lowest BCUT2D eigenvalue weighted by atomic mass is 9.76. The monoisotopic (exact) mass is 362 g/mol. The van der Waals surface area contributed by atoms with Crippen LogP contribution in [0.1, 0.15) is 26.7 Å². The van der Waals surface area contributed by atoms with Crippen LogP contribution in [0, 0.1) is 23.2 Å². The molecule has 140 valence electrons. The maximum Gasteiger partial charge on any atom is 0.333 e. The van der Waals surface area contributed by atoms with Gasteiger partial charge >= 0.3 is 5.97 Å². The summed E-state index contributed by atoms with van der Waals surface area (Å²) in [6.45, 7) is 8.24. The Balaban J connectivity index is 1.67. The maximum absolute atomic E-state index is 13.0. The Bertz CT molecular complexity index is 749. The Hall–Kier alpha value is -1.93. The van der Waals surface area contributed by atoms with Crippen molar-refractivity contribution in [1.82, 2.24) is 0 Å². The average Bonchev–Trinajstić information content (AvgIpc) is 3.36. The zero-order valence-electron chi connectivity index (χ0n) is 15.4. The molecule has 0 bridgehead atoms. The number of ether oxygens (including phenoxy) is 2. The molecule has 0 saturated heterocycles. The number of rotatable bonds is 5. The number of fused-ring (bicyclic) bond motifs is 1. The first-order valence-corrected chi connectivity index (χ1v) is 8.86. The third-order valence-corrected chi connectivity index (χ3v) is 5.62. The van der Waals surface area contributed by atoms with Crippen LogP contribution in [0.5, 0.6) is 0 Å². The lowest BCUT2D eigenvalue weighted by Gasteiger charge is -2.30. The van der Waals surface area contributed by atoms with Gasteiger partial charge in [-0.25, -0.2) is 13.6 Å². The van der Waals surface area contributed by atoms with Crippen molar-refractivity contribution in [2.24, 2.45) is 23.2 Å². The van der Waals surface area contributed by atoms with Gasteiger partial charge in [0.2, 0.25) is 0 Å². The summed E-state index contributed by atoms with van der Waals surface area (Å²) in [5.74, 6) is 0.793. The Kier molecular flexibility index (Phi) is 5.07. The van der Waals surface area contributed by atoms with E-state index < -0.39 is 12.5 Å². The summed E-state index contributed by atoms with van der Waals surface area (Å²) in [7, 11) is 1.40. The highest BCUT2D eigenvalue weighted by atomic mass is 19.3. The number of alkyl halides is 2. The van der Waals surface area contributed by atoms with Crippen molar-refractivity contribution in [1.29, 1.82) is 0 Å². The Morgan fingerprint density at radius 2 is 2.19 bits per heavy atom. The van der Waals surface area contributed by atoms with Gasteiger partial charge in [-0.2, -0.15) is 0 Å². The maximum atomic E-state index is 13.0. The third-order valence-electron chi connectivity index (χ3n) is 5.62. The highest BCUT2D eigenvalue weighted by molar-refractivity contribution is 5.90. The van der Waals surface area contributed by atoms with Crippen LogP contribution in [0.3, 0.4) is 0 Å². The summed E-state index contributed by atoms with van der Waals surface area (Å²) in [5, 5.41) is 0. The van der Waals surface area contributed by atoms with E-state index in [2.05, 4.69) is 24.1 Å². The lowest BCUT2D eigenvalue weighted by molar-refractivity contribution is -0.137. The molecule has 0 spiro atoms. The van der Waals surface area contributed by atoms with Crippen molar-refractivity contribution < 1.29 is 23.0 Å². The molecule has 3 unspecified atom stereocenters. The Labute approximate surface area is 152 Å². The molecule has 0 aromatic heterocycles. The minimum atomic E-state index is -2.63. The van der Waals surface area contributed by atoms with Gasteiger partial charge in [0.15, 0.2) is 0 Å². The van der Waals surface area contributed by atoms with Gasteiger partial charge in [0.05, 0.1) is 19.3 Å². The van der Waals surface area contributed by atoms with E-state index in [0.717, 1.165) is 18.4 Å². The molecule has 0 amide bonds. The molecule has 1 saturated carbocycles. The van der Waals surface area contributed by atoms with Gasteiger partial charge < -0.3 is 9.47 Å². The number of methoxy groups -OCH3 is 1. The van der Waals surface area contributed by atoms with Gasteiger partial charge in [-0.15, -0.1) is 0 Å². The quantitative estimate of drug-likeness (QED) is 0.542. The molecule has 3 aliphatic carbocycles. The summed E-state index contributed by atoms with van der Waals surface area (Å²) in [6, 6.07) is 0. The summed E-state index contributed by atoms with van der Waals surface area (Å²) < 4.78 is 36.9. The van der Waals surface area contributed by atoms with Gasteiger partial charge in [0.25, 0.3) is 6.43 Å². The van der Waals surface area contributed by atoms with Gasteiger partial charge in [0.1, 0.15) is 6.10 Å². The first kappa shape index (κ1) is 18.8. The van der Waals surface area contributed by atoms with Crippen LogP contribution >= 0.6 is 0 Å². The van der Waals surface area contributed by atoms with E-state index >= 15 is 0 Å². The molecule has 3 aliphatic rings. The zero-order valence-corrected chi connectivity index (χ0v) is 15.4. The number of hydrogen-bond donors (Lipinski definition) is 0. The van der Waals surface area contributed by atoms with Crippen LogP contribution in [0.2, 0.25) is 0 Å². The van der Waals surface area contributed by atoms with Crippen molar-refractivity contribution in [3.63, 3.8) is 0 Å². The highest BCUT2D eigenvalue weighted by Crippen LogP contribution is 2.54. The molecule has 4 atom stereocenters. The molecule has 3 nitrogen and oxygen atoms in total. The second-order valence-corrected chi connectivity index (χ2v) is 7.91. The van der Waals surface area contributed by atoms with Gasteiger partial charge in [-0.3, -0.25) is 0 Å². The van der Waals surface area contributed by atoms with E-state index in [4.69, 9.17) is 9.47 Å². The number of hydrogen-bond acceptors (Lipinski definition) is 3. The second-order valence-electron chi connectivity index (χ2n) is 7.91. The van der Waals surface area contributed by atoms with Crippen LogP contribution < -0.4 is 0 Å². The van der Waals surface area contributed by atoms with Crippen molar-refractivity contribution in [3.8, 4) is 0 Å². The minimum absolute atomic E-state index is 0.238. The summed E-state index contributed by atoms with van der Waals surface area (Å²) >= 11 is 0. The predicted octanol–water partition coefficient (Wildman–Crippen LogP) is 4.22. The summed E-state index contributed by atoms with van der Waals surface area (Å²) in [6.07, 6.45) is 2.21. The normalized spacial score (nSPS) is 31.8. The Morgan fingerprint density at radius 1 is 1.46 bits per heavy atom. The van der Waals surface area contributed by atoms with Crippen LogP contribution in [-0.4, -0.2) is 32.2 Å². The van der Waals surface area contributed by atoms with Crippen LogP contribution in [0.4, 0.5) is 8.78 Å². The fraction of sp³-hybridized carbons (Fsp3) is 0.571. The molecule has 0 aromatic carbocycles. The molecule has 0 heterocycles. The molecular weight excluding hydrogens is 338 g/mol. The van der Waals surface area contributed by atoms with Gasteiger partial charge in [-0.05, 0) is 47.7 Å². The lowest BCUT2D eigenvalue weighted by Crippen LogP contribution is -2.28. The number of esters is 1. The molecule has 0 radical (unpaired) electrons. The average molecular weight is 362 g/mol. The first-order chi connectivity index (χ1) is 12.2. The molecule has 1 fully saturated rings. The smallest absolute Gasteiger partial charge is 0.333 e. The number of carbonyl (C=O) groups excluding carboxylic acids is 1. The SMILES string of the molecule is C=C1C(C(F)F)=C=C=CC1OCC1CC(C)(C)C(C(=O)OC)=CC2C[C@@H]21. The van der Waals surface area contributed by atoms with Crippen LogP contribution in [0.25, 0.3) is 0 Å². The number of halogens is 2. The van der Waals surface area contributed by atoms with Crippen LogP contribution in [0.15, 0.2) is 46.9 Å². The molecule has 0 aromatic rings. The topological polar surface area (TPSA) is 35.5 Å². The largest absolute Gasteiger partial charge is 0.466 e. The van der Waals surface area contributed by atoms with Gasteiger partial charge in [-0.1, -0.05) is 38.0 Å². The highest BCUT2D eigenvalue weighted by Gasteiger charge is 2.49. The standard InChI is InChI=1S/C21H24F2O3/c1-12-15(19(22)23)6-5-7-18(12)26-11-14-10-21(2,3)17(20(24)25-4)9-13-8-16(13)14/h7,9,13-14,16,18-19H,1,8,10-11H2,2-4H3/t13?,14?,16-,18?/m0/s1. The van der Waals surface area contributed by atoms with Crippen molar-refractivity contribution in [3.05, 3.63) is 46.9 Å². The van der Waals surface area contributed by atoms with E-state index in [-0.39, 0.29) is 28.4 Å². The summed E-state index contributed by atoms with van der Waals surface area (Å²) in [5.41, 5.74) is 5.45. The fourth-order valence-corrected chi connectivity index (χ4v) is 4.06. The van der Waals surface area contributed by atoms with Crippen molar-refractivity contribution in [2.45, 2.75) is 39.2 Å². The molecule has 5 heteroatoms. The van der Waals surface area contributed by atoms with E-state index in [9.17, 15) is 13.6 Å². The van der Waals surface area contributed by atoms with E-state index in [0.29, 0.717) is 18.4 Å². The van der Waals surface area contributed by atoms with Crippen molar-refractivity contribution in [2.75, 3.05) is 13.7 Å². The minimum Gasteiger partial charge on any atom is -0.466 e. The van der Waals surface area contributed by atoms with Crippen molar-refractivity contribution >= 4 is 5.97 Å². The van der Waals surface area contributed by atoms with E-state index in [1.54, 1.807) is 6.08 Å². The molecule has 26 heavy (non-hydrogen) atoms. The zero-order chi connectivity index (χ0) is 19.1. The number of carbonyl (C=O) groups is 1. The summed E-state index contributed by atoms with van der Waals surface area (Å²) in [4.78, 5) is 12.1. The molecular formula is C21H24F2O3. The Morgan fingerprint density at radius 3 is 2.85 bits per heavy atom. The number of allylic oxidation sites excluding steroid dienone is 1. The predicted molar refractivity (Wildman–Crippen MR) is 93.6 cm³/mol. The van der Waals surface area contributed by atoms with E-state index in [1.165, 1.54) is 7.11 Å². The third kappa shape index (κ3) is 3.61. The molecule has 0 aliphatic heterocycles. The van der Waals surface area contributed by atoms with E-state index in [1.807, 2.05) is 13.8 Å². The second kappa shape index (κ2) is 7.00.